The molecule has 17 heavy (non-hydrogen) atoms. The van der Waals surface area contributed by atoms with Gasteiger partial charge in [0.25, 0.3) is 0 Å². The molecule has 1 saturated heterocycles. The summed E-state index contributed by atoms with van der Waals surface area (Å²) < 4.78 is 0. The van der Waals surface area contributed by atoms with Gasteiger partial charge in [0.05, 0.1) is 0 Å². The van der Waals surface area contributed by atoms with Crippen LogP contribution >= 0.6 is 12.4 Å². The number of hydrogen-bond acceptors (Lipinski definition) is 2. The lowest BCUT2D eigenvalue weighted by atomic mass is 9.94. The lowest BCUT2D eigenvalue weighted by Gasteiger charge is -2.15. The second kappa shape index (κ2) is 8.76. The molecule has 1 amide bonds. The van der Waals surface area contributed by atoms with Crippen molar-refractivity contribution >= 4 is 18.3 Å². The molecule has 0 spiro atoms. The first kappa shape index (κ1) is 16.7. The van der Waals surface area contributed by atoms with Gasteiger partial charge >= 0.3 is 0 Å². The minimum atomic E-state index is 0. The second-order valence-electron chi connectivity index (χ2n) is 5.42. The number of rotatable bonds is 6. The summed E-state index contributed by atoms with van der Waals surface area (Å²) in [4.78, 5) is 11.6. The van der Waals surface area contributed by atoms with Gasteiger partial charge in [0.15, 0.2) is 0 Å². The van der Waals surface area contributed by atoms with Gasteiger partial charge in [-0.1, -0.05) is 20.8 Å². The van der Waals surface area contributed by atoms with Gasteiger partial charge < -0.3 is 10.6 Å². The standard InChI is InChI=1S/C13H26N2O.ClH/c1-10(2)11(3)8-13(16)15-7-5-12-4-6-14-9-12;/h10-12,14H,4-9H2,1-3H3,(H,15,16);1H. The molecule has 3 nitrogen and oxygen atoms in total. The van der Waals surface area contributed by atoms with Crippen molar-refractivity contribution in [3.8, 4) is 0 Å². The van der Waals surface area contributed by atoms with Crippen LogP contribution in [-0.4, -0.2) is 25.5 Å². The smallest absolute Gasteiger partial charge is 0.220 e. The maximum atomic E-state index is 11.6. The summed E-state index contributed by atoms with van der Waals surface area (Å²) in [7, 11) is 0. The Bertz CT molecular complexity index is 215. The van der Waals surface area contributed by atoms with Crippen molar-refractivity contribution in [2.75, 3.05) is 19.6 Å². The van der Waals surface area contributed by atoms with Crippen molar-refractivity contribution in [2.24, 2.45) is 17.8 Å². The molecule has 102 valence electrons. The lowest BCUT2D eigenvalue weighted by molar-refractivity contribution is -0.122. The zero-order chi connectivity index (χ0) is 12.0. The first-order valence-corrected chi connectivity index (χ1v) is 6.57. The Morgan fingerprint density at radius 1 is 1.41 bits per heavy atom. The first-order chi connectivity index (χ1) is 7.59. The van der Waals surface area contributed by atoms with Gasteiger partial charge in [0.1, 0.15) is 0 Å². The van der Waals surface area contributed by atoms with Gasteiger partial charge in [-0.3, -0.25) is 4.79 Å². The average Bonchev–Trinajstić information content (AvgIpc) is 2.70. The third-order valence-corrected chi connectivity index (χ3v) is 3.68. The zero-order valence-corrected chi connectivity index (χ0v) is 12.1. The maximum Gasteiger partial charge on any atom is 0.220 e. The molecule has 0 aromatic carbocycles. The van der Waals surface area contributed by atoms with Crippen LogP contribution in [0.25, 0.3) is 0 Å². The quantitative estimate of drug-likeness (QED) is 0.771. The molecule has 2 unspecified atom stereocenters. The fraction of sp³-hybridized carbons (Fsp3) is 0.923. The number of carbonyl (C=O) groups is 1. The van der Waals surface area contributed by atoms with E-state index in [1.807, 2.05) is 0 Å². The van der Waals surface area contributed by atoms with Gasteiger partial charge in [0, 0.05) is 13.0 Å². The van der Waals surface area contributed by atoms with Crippen LogP contribution in [0.15, 0.2) is 0 Å². The maximum absolute atomic E-state index is 11.6. The summed E-state index contributed by atoms with van der Waals surface area (Å²) in [5.74, 6) is 2.05. The summed E-state index contributed by atoms with van der Waals surface area (Å²) in [6, 6.07) is 0. The van der Waals surface area contributed by atoms with Gasteiger partial charge in [-0.25, -0.2) is 0 Å². The molecule has 0 aromatic rings. The monoisotopic (exact) mass is 262 g/mol. The topological polar surface area (TPSA) is 41.1 Å². The largest absolute Gasteiger partial charge is 0.356 e. The Kier molecular flexibility index (Phi) is 8.61. The number of amides is 1. The van der Waals surface area contributed by atoms with Crippen LogP contribution in [0.1, 0.15) is 40.0 Å². The molecule has 1 fully saturated rings. The van der Waals surface area contributed by atoms with Gasteiger partial charge in [0.2, 0.25) is 5.91 Å². The zero-order valence-electron chi connectivity index (χ0n) is 11.3. The van der Waals surface area contributed by atoms with Crippen molar-refractivity contribution in [2.45, 2.75) is 40.0 Å². The van der Waals surface area contributed by atoms with Crippen LogP contribution in [-0.2, 0) is 4.79 Å². The van der Waals surface area contributed by atoms with E-state index in [-0.39, 0.29) is 18.3 Å². The van der Waals surface area contributed by atoms with E-state index in [1.165, 1.54) is 6.42 Å². The second-order valence-corrected chi connectivity index (χ2v) is 5.42. The van der Waals surface area contributed by atoms with Crippen LogP contribution in [0.2, 0.25) is 0 Å². The highest BCUT2D eigenvalue weighted by Crippen LogP contribution is 2.14. The van der Waals surface area contributed by atoms with Gasteiger partial charge in [-0.15, -0.1) is 12.4 Å². The van der Waals surface area contributed by atoms with Gasteiger partial charge in [-0.2, -0.15) is 0 Å². The van der Waals surface area contributed by atoms with Crippen molar-refractivity contribution in [1.29, 1.82) is 0 Å². The van der Waals surface area contributed by atoms with E-state index in [1.54, 1.807) is 0 Å². The molecular formula is C13H27ClN2O. The highest BCUT2D eigenvalue weighted by atomic mass is 35.5. The summed E-state index contributed by atoms with van der Waals surface area (Å²) in [6.07, 6.45) is 3.05. The number of nitrogens with one attached hydrogen (secondary N) is 2. The summed E-state index contributed by atoms with van der Waals surface area (Å²) in [5, 5.41) is 6.37. The Morgan fingerprint density at radius 2 is 2.12 bits per heavy atom. The fourth-order valence-electron chi connectivity index (χ4n) is 1.98. The van der Waals surface area contributed by atoms with E-state index in [9.17, 15) is 4.79 Å². The lowest BCUT2D eigenvalue weighted by Crippen LogP contribution is -2.28. The molecule has 2 N–H and O–H groups in total. The Labute approximate surface area is 112 Å². The van der Waals surface area contributed by atoms with E-state index in [2.05, 4.69) is 31.4 Å². The highest BCUT2D eigenvalue weighted by Gasteiger charge is 2.15. The predicted molar refractivity (Wildman–Crippen MR) is 74.5 cm³/mol. The summed E-state index contributed by atoms with van der Waals surface area (Å²) in [5.41, 5.74) is 0. The van der Waals surface area contributed by atoms with Crippen LogP contribution < -0.4 is 10.6 Å². The molecule has 1 heterocycles. The molecule has 0 bridgehead atoms. The van der Waals surface area contributed by atoms with Crippen LogP contribution in [0.5, 0.6) is 0 Å². The Hall–Kier alpha value is -0.280. The predicted octanol–water partition coefficient (Wildman–Crippen LogP) is 2.21. The Balaban J connectivity index is 0.00000256. The molecule has 1 aliphatic heterocycles. The van der Waals surface area contributed by atoms with E-state index >= 15 is 0 Å². The number of halogens is 1. The van der Waals surface area contributed by atoms with Crippen LogP contribution in [0.3, 0.4) is 0 Å². The minimum Gasteiger partial charge on any atom is -0.356 e. The van der Waals surface area contributed by atoms with E-state index < -0.39 is 0 Å². The summed E-state index contributed by atoms with van der Waals surface area (Å²) in [6.45, 7) is 9.59. The van der Waals surface area contributed by atoms with Crippen LogP contribution in [0, 0.1) is 17.8 Å². The minimum absolute atomic E-state index is 0. The van der Waals surface area contributed by atoms with Gasteiger partial charge in [-0.05, 0) is 43.7 Å². The molecular weight excluding hydrogens is 236 g/mol. The third-order valence-electron chi connectivity index (χ3n) is 3.68. The Morgan fingerprint density at radius 3 is 2.65 bits per heavy atom. The first-order valence-electron chi connectivity index (χ1n) is 6.57. The third kappa shape index (κ3) is 6.89. The SMILES string of the molecule is CC(C)C(C)CC(=O)NCCC1CCNC1.Cl. The molecule has 0 radical (unpaired) electrons. The number of carbonyl (C=O) groups excluding carboxylic acids is 1. The molecule has 4 heteroatoms. The summed E-state index contributed by atoms with van der Waals surface area (Å²) >= 11 is 0. The number of hydrogen-bond donors (Lipinski definition) is 2. The van der Waals surface area contributed by atoms with E-state index in [0.29, 0.717) is 18.3 Å². The van der Waals surface area contributed by atoms with Crippen LogP contribution in [0.4, 0.5) is 0 Å². The highest BCUT2D eigenvalue weighted by molar-refractivity contribution is 5.85. The van der Waals surface area contributed by atoms with Crippen molar-refractivity contribution in [1.82, 2.24) is 10.6 Å². The van der Waals surface area contributed by atoms with Crippen molar-refractivity contribution < 1.29 is 4.79 Å². The molecule has 1 rings (SSSR count). The van der Waals surface area contributed by atoms with E-state index in [4.69, 9.17) is 0 Å². The normalized spacial score (nSPS) is 21.1. The average molecular weight is 263 g/mol. The van der Waals surface area contributed by atoms with Crippen molar-refractivity contribution in [3.05, 3.63) is 0 Å². The molecule has 0 aliphatic carbocycles. The van der Waals surface area contributed by atoms with Crippen molar-refractivity contribution in [3.63, 3.8) is 0 Å². The molecule has 0 saturated carbocycles. The molecule has 1 aliphatic rings. The molecule has 0 aromatic heterocycles. The fourth-order valence-corrected chi connectivity index (χ4v) is 1.98. The van der Waals surface area contributed by atoms with E-state index in [0.717, 1.165) is 32.0 Å². The molecule has 2 atom stereocenters.